The van der Waals surface area contributed by atoms with Crippen LogP contribution in [0, 0.1) is 5.82 Å². The van der Waals surface area contributed by atoms with Crippen molar-refractivity contribution < 1.29 is 19.2 Å². The number of benzene rings is 2. The van der Waals surface area contributed by atoms with Crippen LogP contribution in [0.4, 0.5) is 4.39 Å². The Labute approximate surface area is 125 Å². The predicted molar refractivity (Wildman–Crippen MR) is 78.9 cm³/mol. The van der Waals surface area contributed by atoms with Crippen LogP contribution in [0.2, 0.25) is 0 Å². The van der Waals surface area contributed by atoms with Crippen LogP contribution >= 0.6 is 15.9 Å². The summed E-state index contributed by atoms with van der Waals surface area (Å²) in [6.07, 6.45) is 0. The second-order valence-electron chi connectivity index (χ2n) is 4.39. The SMILES string of the molecule is OB(O)c1cc(F)cc(COCc2cccc(Br)c2)c1. The van der Waals surface area contributed by atoms with Crippen LogP contribution in [0.15, 0.2) is 46.9 Å². The van der Waals surface area contributed by atoms with Crippen LogP contribution in [-0.2, 0) is 18.0 Å². The van der Waals surface area contributed by atoms with E-state index in [0.29, 0.717) is 12.2 Å². The molecular formula is C14H13BBrFO3. The lowest BCUT2D eigenvalue weighted by Gasteiger charge is -2.07. The number of hydrogen-bond donors (Lipinski definition) is 2. The average Bonchev–Trinajstić information content (AvgIpc) is 2.38. The van der Waals surface area contributed by atoms with Gasteiger partial charge in [0.15, 0.2) is 0 Å². The first-order chi connectivity index (χ1) is 9.54. The van der Waals surface area contributed by atoms with Gasteiger partial charge in [-0.1, -0.05) is 34.1 Å². The Morgan fingerprint density at radius 2 is 1.80 bits per heavy atom. The molecule has 0 amide bonds. The molecule has 6 heteroatoms. The van der Waals surface area contributed by atoms with E-state index in [0.717, 1.165) is 16.1 Å². The molecule has 0 saturated heterocycles. The largest absolute Gasteiger partial charge is 0.488 e. The number of ether oxygens (including phenoxy) is 1. The molecule has 0 bridgehead atoms. The monoisotopic (exact) mass is 338 g/mol. The van der Waals surface area contributed by atoms with Crippen LogP contribution in [0.5, 0.6) is 0 Å². The van der Waals surface area contributed by atoms with E-state index in [4.69, 9.17) is 14.8 Å². The third-order valence-corrected chi connectivity index (χ3v) is 3.20. The molecule has 0 aliphatic carbocycles. The molecule has 0 heterocycles. The van der Waals surface area contributed by atoms with Crippen molar-refractivity contribution in [2.45, 2.75) is 13.2 Å². The van der Waals surface area contributed by atoms with Gasteiger partial charge in [-0.05, 0) is 40.9 Å². The Balaban J connectivity index is 1.97. The molecule has 0 saturated carbocycles. The zero-order valence-corrected chi connectivity index (χ0v) is 12.2. The lowest BCUT2D eigenvalue weighted by molar-refractivity contribution is 0.107. The van der Waals surface area contributed by atoms with E-state index in [1.807, 2.05) is 24.3 Å². The van der Waals surface area contributed by atoms with Gasteiger partial charge in [0.2, 0.25) is 0 Å². The maximum Gasteiger partial charge on any atom is 0.488 e. The van der Waals surface area contributed by atoms with E-state index in [1.165, 1.54) is 12.1 Å². The molecule has 2 aromatic carbocycles. The molecule has 3 nitrogen and oxygen atoms in total. The molecule has 2 rings (SSSR count). The van der Waals surface area contributed by atoms with E-state index in [-0.39, 0.29) is 12.1 Å². The summed E-state index contributed by atoms with van der Waals surface area (Å²) in [5, 5.41) is 18.1. The summed E-state index contributed by atoms with van der Waals surface area (Å²) < 4.78 is 19.8. The van der Waals surface area contributed by atoms with Crippen molar-refractivity contribution in [1.82, 2.24) is 0 Å². The van der Waals surface area contributed by atoms with Gasteiger partial charge in [0.25, 0.3) is 0 Å². The third kappa shape index (κ3) is 4.42. The van der Waals surface area contributed by atoms with Gasteiger partial charge >= 0.3 is 7.12 Å². The minimum absolute atomic E-state index is 0.117. The summed E-state index contributed by atoms with van der Waals surface area (Å²) in [7, 11) is -1.69. The number of hydrogen-bond acceptors (Lipinski definition) is 3. The molecule has 2 aromatic rings. The zero-order valence-electron chi connectivity index (χ0n) is 10.6. The summed E-state index contributed by atoms with van der Waals surface area (Å²) in [5.41, 5.74) is 1.67. The van der Waals surface area contributed by atoms with Crippen molar-refractivity contribution in [3.05, 3.63) is 63.9 Å². The predicted octanol–water partition coefficient (Wildman–Crippen LogP) is 1.98. The highest BCUT2D eigenvalue weighted by Gasteiger charge is 2.13. The molecule has 0 aliphatic rings. The Kier molecular flexibility index (Phi) is 5.31. The van der Waals surface area contributed by atoms with Crippen molar-refractivity contribution in [2.75, 3.05) is 0 Å². The molecule has 104 valence electrons. The lowest BCUT2D eigenvalue weighted by atomic mass is 9.79. The first-order valence-electron chi connectivity index (χ1n) is 6.02. The summed E-state index contributed by atoms with van der Waals surface area (Å²) in [5.74, 6) is -0.517. The van der Waals surface area contributed by atoms with Crippen LogP contribution in [-0.4, -0.2) is 17.2 Å². The Hall–Kier alpha value is -1.21. The van der Waals surface area contributed by atoms with Gasteiger partial charge in [0.1, 0.15) is 5.82 Å². The summed E-state index contributed by atoms with van der Waals surface area (Å²) in [6, 6.07) is 11.6. The minimum atomic E-state index is -1.69. The molecule has 0 aliphatic heterocycles. The Bertz CT molecular complexity index is 592. The Morgan fingerprint density at radius 3 is 2.50 bits per heavy atom. The molecular weight excluding hydrogens is 326 g/mol. The van der Waals surface area contributed by atoms with E-state index in [1.54, 1.807) is 0 Å². The molecule has 0 aromatic heterocycles. The van der Waals surface area contributed by atoms with Gasteiger partial charge in [-0.15, -0.1) is 0 Å². The smallest absolute Gasteiger partial charge is 0.423 e. The first kappa shape index (κ1) is 15.2. The van der Waals surface area contributed by atoms with E-state index < -0.39 is 12.9 Å². The summed E-state index contributed by atoms with van der Waals surface area (Å²) in [4.78, 5) is 0. The fraction of sp³-hybridized carbons (Fsp3) is 0.143. The third-order valence-electron chi connectivity index (χ3n) is 2.70. The van der Waals surface area contributed by atoms with Gasteiger partial charge < -0.3 is 14.8 Å². The van der Waals surface area contributed by atoms with Gasteiger partial charge in [0.05, 0.1) is 13.2 Å². The molecule has 20 heavy (non-hydrogen) atoms. The first-order valence-corrected chi connectivity index (χ1v) is 6.81. The van der Waals surface area contributed by atoms with Crippen molar-refractivity contribution in [2.24, 2.45) is 0 Å². The van der Waals surface area contributed by atoms with E-state index in [9.17, 15) is 4.39 Å². The van der Waals surface area contributed by atoms with Crippen molar-refractivity contribution in [3.63, 3.8) is 0 Å². The second kappa shape index (κ2) is 6.99. The molecule has 0 atom stereocenters. The zero-order chi connectivity index (χ0) is 14.5. The van der Waals surface area contributed by atoms with E-state index in [2.05, 4.69) is 15.9 Å². The standard InChI is InChI=1S/C14H13BBrFO3/c16-13-3-1-2-10(5-13)8-20-9-11-4-12(15(18)19)7-14(17)6-11/h1-7,18-19H,8-9H2. The number of halogens is 2. The van der Waals surface area contributed by atoms with Crippen LogP contribution in [0.1, 0.15) is 11.1 Å². The van der Waals surface area contributed by atoms with Crippen LogP contribution in [0.25, 0.3) is 0 Å². The van der Waals surface area contributed by atoms with Gasteiger partial charge in [0, 0.05) is 4.47 Å². The fourth-order valence-electron chi connectivity index (χ4n) is 1.82. The van der Waals surface area contributed by atoms with Gasteiger partial charge in [-0.25, -0.2) is 4.39 Å². The quantitative estimate of drug-likeness (QED) is 0.820. The molecule has 2 N–H and O–H groups in total. The maximum absolute atomic E-state index is 13.3. The van der Waals surface area contributed by atoms with Crippen molar-refractivity contribution in [1.29, 1.82) is 0 Å². The molecule has 0 spiro atoms. The highest BCUT2D eigenvalue weighted by molar-refractivity contribution is 9.10. The molecule has 0 unspecified atom stereocenters. The normalized spacial score (nSPS) is 10.6. The van der Waals surface area contributed by atoms with Crippen molar-refractivity contribution >= 4 is 28.5 Å². The van der Waals surface area contributed by atoms with Gasteiger partial charge in [-0.2, -0.15) is 0 Å². The maximum atomic E-state index is 13.3. The van der Waals surface area contributed by atoms with Crippen molar-refractivity contribution in [3.8, 4) is 0 Å². The van der Waals surface area contributed by atoms with Gasteiger partial charge in [-0.3, -0.25) is 0 Å². The highest BCUT2D eigenvalue weighted by atomic mass is 79.9. The highest BCUT2D eigenvalue weighted by Crippen LogP contribution is 2.13. The van der Waals surface area contributed by atoms with Crippen LogP contribution < -0.4 is 5.46 Å². The topological polar surface area (TPSA) is 49.7 Å². The fourth-order valence-corrected chi connectivity index (χ4v) is 2.27. The number of rotatable bonds is 5. The average molecular weight is 339 g/mol. The van der Waals surface area contributed by atoms with Crippen LogP contribution in [0.3, 0.4) is 0 Å². The molecule has 0 radical (unpaired) electrons. The lowest BCUT2D eigenvalue weighted by Crippen LogP contribution is -2.30. The Morgan fingerprint density at radius 1 is 1.05 bits per heavy atom. The summed E-state index contributed by atoms with van der Waals surface area (Å²) >= 11 is 3.37. The summed E-state index contributed by atoms with van der Waals surface area (Å²) in [6.45, 7) is 0.594. The van der Waals surface area contributed by atoms with E-state index >= 15 is 0 Å². The molecule has 0 fully saturated rings. The minimum Gasteiger partial charge on any atom is -0.423 e. The second-order valence-corrected chi connectivity index (χ2v) is 5.30.